The van der Waals surface area contributed by atoms with E-state index in [1.807, 2.05) is 17.8 Å². The number of aromatic nitrogens is 2. The van der Waals surface area contributed by atoms with Crippen LogP contribution in [0, 0.1) is 0 Å². The summed E-state index contributed by atoms with van der Waals surface area (Å²) in [5, 5.41) is 16.2. The Morgan fingerprint density at radius 2 is 2.14 bits per heavy atom. The second-order valence-electron chi connectivity index (χ2n) is 5.96. The molecule has 0 saturated heterocycles. The van der Waals surface area contributed by atoms with E-state index >= 15 is 0 Å². The molecule has 1 aliphatic carbocycles. The third kappa shape index (κ3) is 3.43. The summed E-state index contributed by atoms with van der Waals surface area (Å²) < 4.78 is 1.83. The standard InChI is InChI=1S/C15H23N3O3/c1-3-9-15(2,14(20)21)16-13(19)12-8-10-18(17-12)11-6-4-5-7-11/h8,10-11H,3-7,9H2,1-2H3,(H,16,19)(H,20,21). The van der Waals surface area contributed by atoms with E-state index in [4.69, 9.17) is 0 Å². The highest BCUT2D eigenvalue weighted by Crippen LogP contribution is 2.28. The van der Waals surface area contributed by atoms with Crippen molar-refractivity contribution in [1.82, 2.24) is 15.1 Å². The maximum Gasteiger partial charge on any atom is 0.329 e. The molecule has 0 aromatic carbocycles. The molecule has 1 saturated carbocycles. The maximum atomic E-state index is 12.2. The third-order valence-corrected chi connectivity index (χ3v) is 4.15. The summed E-state index contributed by atoms with van der Waals surface area (Å²) in [4.78, 5) is 23.6. The molecule has 1 atom stereocenters. The average Bonchev–Trinajstić information content (AvgIpc) is 3.09. The van der Waals surface area contributed by atoms with E-state index in [0.717, 1.165) is 12.8 Å². The first-order chi connectivity index (χ1) is 9.96. The Morgan fingerprint density at radius 3 is 2.71 bits per heavy atom. The Kier molecular flexibility index (Phi) is 4.65. The molecule has 6 heteroatoms. The van der Waals surface area contributed by atoms with Gasteiger partial charge in [-0.15, -0.1) is 0 Å². The Morgan fingerprint density at radius 1 is 1.48 bits per heavy atom. The first-order valence-electron chi connectivity index (χ1n) is 7.57. The van der Waals surface area contributed by atoms with Crippen molar-refractivity contribution >= 4 is 11.9 Å². The van der Waals surface area contributed by atoms with Gasteiger partial charge in [0.15, 0.2) is 0 Å². The lowest BCUT2D eigenvalue weighted by Gasteiger charge is -2.25. The fourth-order valence-corrected chi connectivity index (χ4v) is 2.87. The fourth-order valence-electron chi connectivity index (χ4n) is 2.87. The van der Waals surface area contributed by atoms with Crippen molar-refractivity contribution < 1.29 is 14.7 Å². The third-order valence-electron chi connectivity index (χ3n) is 4.15. The summed E-state index contributed by atoms with van der Waals surface area (Å²) in [5.74, 6) is -1.45. The second kappa shape index (κ2) is 6.28. The van der Waals surface area contributed by atoms with E-state index in [0.29, 0.717) is 18.9 Å². The molecule has 6 nitrogen and oxygen atoms in total. The molecule has 2 N–H and O–H groups in total. The first-order valence-corrected chi connectivity index (χ1v) is 7.57. The van der Waals surface area contributed by atoms with Gasteiger partial charge in [-0.25, -0.2) is 4.79 Å². The van der Waals surface area contributed by atoms with Crippen molar-refractivity contribution in [2.24, 2.45) is 0 Å². The van der Waals surface area contributed by atoms with Crippen molar-refractivity contribution in [3.8, 4) is 0 Å². The van der Waals surface area contributed by atoms with Crippen LogP contribution in [-0.2, 0) is 4.79 Å². The summed E-state index contributed by atoms with van der Waals surface area (Å²) in [6.07, 6.45) is 7.44. The van der Waals surface area contributed by atoms with E-state index in [2.05, 4.69) is 10.4 Å². The van der Waals surface area contributed by atoms with Gasteiger partial charge in [-0.3, -0.25) is 9.48 Å². The van der Waals surface area contributed by atoms with Gasteiger partial charge in [0.1, 0.15) is 11.2 Å². The predicted molar refractivity (Wildman–Crippen MR) is 78.1 cm³/mol. The Hall–Kier alpha value is -1.85. The van der Waals surface area contributed by atoms with Gasteiger partial charge in [-0.2, -0.15) is 5.10 Å². The van der Waals surface area contributed by atoms with Gasteiger partial charge in [0, 0.05) is 6.20 Å². The molecule has 21 heavy (non-hydrogen) atoms. The van der Waals surface area contributed by atoms with Crippen LogP contribution >= 0.6 is 0 Å². The summed E-state index contributed by atoms with van der Waals surface area (Å²) >= 11 is 0. The summed E-state index contributed by atoms with van der Waals surface area (Å²) in [5.41, 5.74) is -0.964. The maximum absolute atomic E-state index is 12.2. The van der Waals surface area contributed by atoms with Gasteiger partial charge in [-0.1, -0.05) is 26.2 Å². The molecule has 1 aromatic heterocycles. The number of amides is 1. The van der Waals surface area contributed by atoms with Crippen molar-refractivity contribution in [3.63, 3.8) is 0 Å². The van der Waals surface area contributed by atoms with Gasteiger partial charge in [0.25, 0.3) is 5.91 Å². The number of hydrogen-bond acceptors (Lipinski definition) is 3. The molecule has 2 rings (SSSR count). The minimum atomic E-state index is -1.25. The molecule has 1 aromatic rings. The zero-order valence-electron chi connectivity index (χ0n) is 12.6. The Labute approximate surface area is 124 Å². The van der Waals surface area contributed by atoms with Crippen LogP contribution in [0.5, 0.6) is 0 Å². The molecule has 1 heterocycles. The van der Waals surface area contributed by atoms with Gasteiger partial charge >= 0.3 is 5.97 Å². The Balaban J connectivity index is 2.07. The van der Waals surface area contributed by atoms with Gasteiger partial charge in [0.2, 0.25) is 0 Å². The molecule has 0 bridgehead atoms. The minimum Gasteiger partial charge on any atom is -0.480 e. The zero-order valence-corrected chi connectivity index (χ0v) is 12.6. The van der Waals surface area contributed by atoms with Gasteiger partial charge in [0.05, 0.1) is 6.04 Å². The number of nitrogens with zero attached hydrogens (tertiary/aromatic N) is 2. The molecule has 0 spiro atoms. The van der Waals surface area contributed by atoms with Crippen LogP contribution in [-0.4, -0.2) is 32.3 Å². The second-order valence-corrected chi connectivity index (χ2v) is 5.96. The molecule has 1 aliphatic rings. The highest BCUT2D eigenvalue weighted by Gasteiger charge is 2.34. The lowest BCUT2D eigenvalue weighted by atomic mass is 9.96. The first kappa shape index (κ1) is 15.5. The van der Waals surface area contributed by atoms with Gasteiger partial charge < -0.3 is 10.4 Å². The normalized spacial score (nSPS) is 18.4. The van der Waals surface area contributed by atoms with E-state index < -0.39 is 17.4 Å². The van der Waals surface area contributed by atoms with Crippen LogP contribution in [0.4, 0.5) is 0 Å². The smallest absolute Gasteiger partial charge is 0.329 e. The lowest BCUT2D eigenvalue weighted by molar-refractivity contribution is -0.144. The predicted octanol–water partition coefficient (Wildman–Crippen LogP) is 2.37. The fraction of sp³-hybridized carbons (Fsp3) is 0.667. The largest absolute Gasteiger partial charge is 0.480 e. The number of carbonyl (C=O) groups excluding carboxylic acids is 1. The number of aliphatic carboxylic acids is 1. The quantitative estimate of drug-likeness (QED) is 0.843. The van der Waals surface area contributed by atoms with Crippen LogP contribution in [0.1, 0.15) is 68.9 Å². The van der Waals surface area contributed by atoms with Crippen LogP contribution in [0.2, 0.25) is 0 Å². The molecule has 116 valence electrons. The summed E-state index contributed by atoms with van der Waals surface area (Å²) in [6.45, 7) is 3.42. The number of carboxylic acids is 1. The van der Waals surface area contributed by atoms with Gasteiger partial charge in [-0.05, 0) is 32.3 Å². The van der Waals surface area contributed by atoms with E-state index in [1.54, 1.807) is 6.07 Å². The van der Waals surface area contributed by atoms with Crippen LogP contribution < -0.4 is 5.32 Å². The molecule has 1 unspecified atom stereocenters. The van der Waals surface area contributed by atoms with Crippen molar-refractivity contribution in [2.45, 2.75) is 64.0 Å². The lowest BCUT2D eigenvalue weighted by Crippen LogP contribution is -2.52. The number of rotatable bonds is 6. The van der Waals surface area contributed by atoms with E-state index in [1.165, 1.54) is 19.8 Å². The highest BCUT2D eigenvalue weighted by atomic mass is 16.4. The molecule has 0 aliphatic heterocycles. The van der Waals surface area contributed by atoms with Crippen LogP contribution in [0.15, 0.2) is 12.3 Å². The zero-order chi connectivity index (χ0) is 15.5. The number of carboxylic acid groups (broad SMARTS) is 1. The molecular weight excluding hydrogens is 270 g/mol. The molecule has 0 radical (unpaired) electrons. The Bertz CT molecular complexity index is 520. The topological polar surface area (TPSA) is 84.2 Å². The monoisotopic (exact) mass is 293 g/mol. The summed E-state index contributed by atoms with van der Waals surface area (Å²) in [6, 6.07) is 2.02. The SMILES string of the molecule is CCCC(C)(NC(=O)c1ccn(C2CCCC2)n1)C(=O)O. The number of hydrogen-bond donors (Lipinski definition) is 2. The highest BCUT2D eigenvalue weighted by molar-refractivity contribution is 5.96. The van der Waals surface area contributed by atoms with Crippen molar-refractivity contribution in [1.29, 1.82) is 0 Å². The van der Waals surface area contributed by atoms with Crippen LogP contribution in [0.3, 0.4) is 0 Å². The minimum absolute atomic E-state index is 0.283. The summed E-state index contributed by atoms with van der Waals surface area (Å²) in [7, 11) is 0. The van der Waals surface area contributed by atoms with E-state index in [9.17, 15) is 14.7 Å². The molecular formula is C15H23N3O3. The average molecular weight is 293 g/mol. The van der Waals surface area contributed by atoms with Crippen LogP contribution in [0.25, 0.3) is 0 Å². The molecule has 1 fully saturated rings. The molecule has 1 amide bonds. The van der Waals surface area contributed by atoms with Crippen molar-refractivity contribution in [2.75, 3.05) is 0 Å². The number of carbonyl (C=O) groups is 2. The van der Waals surface area contributed by atoms with Crippen molar-refractivity contribution in [3.05, 3.63) is 18.0 Å². The van der Waals surface area contributed by atoms with E-state index in [-0.39, 0.29) is 5.69 Å². The number of nitrogens with one attached hydrogen (secondary N) is 1.